The van der Waals surface area contributed by atoms with Gasteiger partial charge in [-0.25, -0.2) is 9.46 Å². The zero-order valence-electron chi connectivity index (χ0n) is 39.6. The number of nitriles is 1. The smallest absolute Gasteiger partial charge is 0.330 e. The molecule has 0 saturated carbocycles. The summed E-state index contributed by atoms with van der Waals surface area (Å²) >= 11 is 0. The van der Waals surface area contributed by atoms with Gasteiger partial charge in [-0.05, 0) is 85.3 Å². The molecule has 3 aromatic carbocycles. The van der Waals surface area contributed by atoms with E-state index in [0.717, 1.165) is 16.7 Å². The molecule has 0 amide bonds. The Morgan fingerprint density at radius 1 is 0.828 bits per heavy atom. The van der Waals surface area contributed by atoms with Crippen LogP contribution in [-0.2, 0) is 24.1 Å². The van der Waals surface area contributed by atoms with Gasteiger partial charge in [-0.2, -0.15) is 5.26 Å². The van der Waals surface area contributed by atoms with Gasteiger partial charge in [0.15, 0.2) is 0 Å². The van der Waals surface area contributed by atoms with Gasteiger partial charge in [0.05, 0.1) is 46.0 Å². The molecule has 4 atom stereocenters. The zero-order valence-corrected chi connectivity index (χ0v) is 41.5. The van der Waals surface area contributed by atoms with E-state index in [1.807, 2.05) is 78.9 Å². The lowest BCUT2D eigenvalue weighted by Crippen LogP contribution is -2.43. The number of benzene rings is 3. The molecule has 1 fully saturated rings. The first-order valence-electron chi connectivity index (χ1n) is 22.3. The minimum absolute atomic E-state index is 0.00883. The average molecular weight is 911 g/mol. The summed E-state index contributed by atoms with van der Waals surface area (Å²) in [6, 6.07) is 27.8. The summed E-state index contributed by atoms with van der Waals surface area (Å²) in [5, 5.41) is 9.45. The maximum absolute atomic E-state index is 13.8. The summed E-state index contributed by atoms with van der Waals surface area (Å²) in [4.78, 5) is 29.8. The van der Waals surface area contributed by atoms with Crippen LogP contribution in [0, 0.1) is 22.8 Å². The Morgan fingerprint density at radius 2 is 1.36 bits per heavy atom. The molecule has 344 valence electrons. The van der Waals surface area contributed by atoms with Crippen LogP contribution < -0.4 is 20.7 Å². The van der Waals surface area contributed by atoms with Crippen molar-refractivity contribution < 1.29 is 28.0 Å². The number of aromatic amines is 1. The average Bonchev–Trinajstić information content (AvgIpc) is 3.66. The van der Waals surface area contributed by atoms with Gasteiger partial charge in [0, 0.05) is 24.7 Å². The molecule has 0 aliphatic carbocycles. The van der Waals surface area contributed by atoms with Crippen LogP contribution in [0.5, 0.6) is 11.5 Å². The summed E-state index contributed by atoms with van der Waals surface area (Å²) in [6.07, 6.45) is -0.314. The van der Waals surface area contributed by atoms with Crippen LogP contribution in [0.1, 0.15) is 111 Å². The lowest BCUT2D eigenvalue weighted by Gasteiger charge is -2.39. The van der Waals surface area contributed by atoms with Crippen molar-refractivity contribution in [2.45, 2.75) is 135 Å². The Balaban J connectivity index is 1.65. The van der Waals surface area contributed by atoms with Crippen molar-refractivity contribution in [2.75, 3.05) is 27.4 Å². The largest absolute Gasteiger partial charge is 0.497 e. The van der Waals surface area contributed by atoms with Gasteiger partial charge in [0.2, 0.25) is 0 Å². The highest BCUT2D eigenvalue weighted by molar-refractivity contribution is 7.44. The highest BCUT2D eigenvalue weighted by Crippen LogP contribution is 2.51. The third kappa shape index (κ3) is 11.1. The van der Waals surface area contributed by atoms with E-state index < -0.39 is 51.9 Å². The van der Waals surface area contributed by atoms with Gasteiger partial charge < -0.3 is 28.0 Å². The van der Waals surface area contributed by atoms with E-state index in [4.69, 9.17) is 28.0 Å². The standard InChI is InChI=1S/C50H67N4O8PSi/c1-34(2)54(35(3)4)63(60-29-16-28-51)62-45-31-47(53-32-39(48(55)52-49(53)56)27-30-64(36(5)6,37(7)8)38(9)10)61-46(45)33-59-50(40-17-14-13-15-18-40,41-19-23-43(57-11)24-20-41)42-21-25-44(58-12)26-22-42/h13-15,17-26,32,34-38,45-47H,16,29,31,33H2,1-12H3,(H,52,55,56)/t45-,46+,47+,63-/m0/s1. The molecule has 5 rings (SSSR count). The van der Waals surface area contributed by atoms with Crippen LogP contribution in [0.25, 0.3) is 0 Å². The lowest BCUT2D eigenvalue weighted by atomic mass is 9.80. The van der Waals surface area contributed by atoms with E-state index in [1.54, 1.807) is 14.2 Å². The Kier molecular flexibility index (Phi) is 17.8. The van der Waals surface area contributed by atoms with Gasteiger partial charge in [-0.15, -0.1) is 5.54 Å². The normalized spacial score (nSPS) is 17.3. The fraction of sp³-hybridized carbons (Fsp3) is 0.500. The van der Waals surface area contributed by atoms with Crippen molar-refractivity contribution in [1.29, 1.82) is 5.26 Å². The summed E-state index contributed by atoms with van der Waals surface area (Å²) in [7, 11) is -0.682. The van der Waals surface area contributed by atoms with Crippen molar-refractivity contribution in [2.24, 2.45) is 0 Å². The summed E-state index contributed by atoms with van der Waals surface area (Å²) in [6.45, 7) is 21.8. The molecule has 64 heavy (non-hydrogen) atoms. The Labute approximate surface area is 382 Å². The second-order valence-electron chi connectivity index (χ2n) is 17.7. The first-order chi connectivity index (χ1) is 30.5. The zero-order chi connectivity index (χ0) is 46.8. The Morgan fingerprint density at radius 3 is 1.84 bits per heavy atom. The molecule has 1 saturated heterocycles. The molecule has 0 unspecified atom stereocenters. The van der Waals surface area contributed by atoms with Crippen LogP contribution in [0.2, 0.25) is 16.6 Å². The Hall–Kier alpha value is -4.56. The van der Waals surface area contributed by atoms with Crippen molar-refractivity contribution in [3.05, 3.63) is 128 Å². The van der Waals surface area contributed by atoms with Crippen LogP contribution in [-0.4, -0.2) is 74.0 Å². The predicted octanol–water partition coefficient (Wildman–Crippen LogP) is 10.1. The number of hydrogen-bond acceptors (Lipinski definition) is 10. The van der Waals surface area contributed by atoms with Crippen molar-refractivity contribution >= 4 is 16.6 Å². The monoisotopic (exact) mass is 910 g/mol. The van der Waals surface area contributed by atoms with E-state index in [1.165, 1.54) is 10.8 Å². The van der Waals surface area contributed by atoms with Crippen molar-refractivity contribution in [1.82, 2.24) is 14.2 Å². The first kappa shape index (κ1) is 50.4. The lowest BCUT2D eigenvalue weighted by molar-refractivity contribution is -0.0925. The Bertz CT molecular complexity index is 2260. The molecule has 1 aliphatic heterocycles. The fourth-order valence-corrected chi connectivity index (χ4v) is 16.2. The third-order valence-electron chi connectivity index (χ3n) is 12.3. The topological polar surface area (TPSA) is 137 Å². The summed E-state index contributed by atoms with van der Waals surface area (Å²) < 4.78 is 42.4. The maximum Gasteiger partial charge on any atom is 0.330 e. The van der Waals surface area contributed by atoms with Crippen molar-refractivity contribution in [3.8, 4) is 29.0 Å². The first-order valence-corrected chi connectivity index (χ1v) is 25.7. The second kappa shape index (κ2) is 22.6. The molecule has 0 spiro atoms. The highest BCUT2D eigenvalue weighted by atomic mass is 31.2. The van der Waals surface area contributed by atoms with E-state index in [-0.39, 0.29) is 43.7 Å². The molecule has 0 radical (unpaired) electrons. The van der Waals surface area contributed by atoms with Crippen LogP contribution >= 0.6 is 8.53 Å². The molecule has 0 bridgehead atoms. The third-order valence-corrected chi connectivity index (χ3v) is 20.7. The quantitative estimate of drug-likeness (QED) is 0.0300. The maximum atomic E-state index is 13.8. The number of methoxy groups -OCH3 is 2. The van der Waals surface area contributed by atoms with Crippen LogP contribution in [0.15, 0.2) is 94.6 Å². The van der Waals surface area contributed by atoms with Crippen molar-refractivity contribution in [3.63, 3.8) is 0 Å². The van der Waals surface area contributed by atoms with Gasteiger partial charge >= 0.3 is 5.69 Å². The van der Waals surface area contributed by atoms with Gasteiger partial charge in [0.25, 0.3) is 14.1 Å². The second-order valence-corrected chi connectivity index (χ2v) is 24.7. The molecule has 12 nitrogen and oxygen atoms in total. The number of ether oxygens (including phenoxy) is 4. The van der Waals surface area contributed by atoms with Gasteiger partial charge in [-0.3, -0.25) is 14.3 Å². The number of H-pyrrole nitrogens is 1. The molecule has 1 N–H and O–H groups in total. The molecule has 14 heteroatoms. The minimum Gasteiger partial charge on any atom is -0.497 e. The molecular formula is C50H67N4O8PSi. The van der Waals surface area contributed by atoms with Crippen LogP contribution in [0.3, 0.4) is 0 Å². The molecule has 1 aliphatic rings. The number of aromatic nitrogens is 2. The SMILES string of the molecule is COc1ccc(C(OC[C@H]2O[C@@H](n3cc(C#C[Si](C(C)C)(C(C)C)C(C)C)c(=O)[nH]c3=O)C[C@@H]2O[P@](OCCC#N)N(C(C)C)C(C)C)(c2ccccc2)c2ccc(OC)cc2)cc1. The van der Waals surface area contributed by atoms with Gasteiger partial charge in [-0.1, -0.05) is 102 Å². The molecule has 1 aromatic heterocycles. The minimum atomic E-state index is -2.22. The summed E-state index contributed by atoms with van der Waals surface area (Å²) in [5.74, 6) is 4.65. The molecular weight excluding hydrogens is 844 g/mol. The highest BCUT2D eigenvalue weighted by Gasteiger charge is 2.46. The van der Waals surface area contributed by atoms with E-state index in [0.29, 0.717) is 28.1 Å². The number of nitrogens with one attached hydrogen (secondary N) is 1. The predicted molar refractivity (Wildman–Crippen MR) is 256 cm³/mol. The number of nitrogens with zero attached hydrogens (tertiary/aromatic N) is 3. The van der Waals surface area contributed by atoms with E-state index in [9.17, 15) is 14.9 Å². The van der Waals surface area contributed by atoms with E-state index in [2.05, 4.69) is 96.4 Å². The molecule has 2 heterocycles. The summed E-state index contributed by atoms with van der Waals surface area (Å²) in [5.41, 5.74) is 5.12. The fourth-order valence-electron chi connectivity index (χ4n) is 9.22. The number of rotatable bonds is 20. The van der Waals surface area contributed by atoms with Gasteiger partial charge in [0.1, 0.15) is 43.1 Å². The molecule has 4 aromatic rings. The van der Waals surface area contributed by atoms with E-state index >= 15 is 0 Å². The number of hydrogen-bond donors (Lipinski definition) is 1. The van der Waals surface area contributed by atoms with Crippen LogP contribution in [0.4, 0.5) is 0 Å².